The van der Waals surface area contributed by atoms with Crippen LogP contribution in [0, 0.1) is 0 Å². The van der Waals surface area contributed by atoms with Crippen LogP contribution in [0.25, 0.3) is 0 Å². The van der Waals surface area contributed by atoms with Gasteiger partial charge in [0.05, 0.1) is 13.2 Å². The van der Waals surface area contributed by atoms with Gasteiger partial charge in [0.25, 0.3) is 0 Å². The van der Waals surface area contributed by atoms with Crippen molar-refractivity contribution in [3.63, 3.8) is 0 Å². The second kappa shape index (κ2) is 5.10. The van der Waals surface area contributed by atoms with Crippen LogP contribution >= 0.6 is 15.9 Å². The predicted molar refractivity (Wildman–Crippen MR) is 43.3 cm³/mol. The maximum atomic E-state index is 5.26. The van der Waals surface area contributed by atoms with Gasteiger partial charge in [0.15, 0.2) is 6.29 Å². The maximum Gasteiger partial charge on any atom is 0.157 e. The van der Waals surface area contributed by atoms with E-state index in [-0.39, 0.29) is 6.29 Å². The fourth-order valence-corrected chi connectivity index (χ4v) is 1.38. The Morgan fingerprint density at radius 2 is 1.90 bits per heavy atom. The Bertz CT molecular complexity index is 81.7. The lowest BCUT2D eigenvalue weighted by molar-refractivity contribution is -0.0476. The molecule has 0 N–H and O–H groups in total. The fourth-order valence-electron chi connectivity index (χ4n) is 0.979. The first-order valence-corrected chi connectivity index (χ1v) is 4.85. The van der Waals surface area contributed by atoms with Gasteiger partial charge < -0.3 is 9.47 Å². The summed E-state index contributed by atoms with van der Waals surface area (Å²) < 4.78 is 10.5. The summed E-state index contributed by atoms with van der Waals surface area (Å²) in [6.07, 6.45) is 3.55. The molecule has 0 spiro atoms. The Kier molecular flexibility index (Phi) is 4.34. The van der Waals surface area contributed by atoms with E-state index in [4.69, 9.17) is 9.47 Å². The van der Waals surface area contributed by atoms with Crippen molar-refractivity contribution in [2.75, 3.05) is 18.5 Å². The van der Waals surface area contributed by atoms with Crippen LogP contribution in [0.3, 0.4) is 0 Å². The van der Waals surface area contributed by atoms with Gasteiger partial charge in [-0.25, -0.2) is 0 Å². The van der Waals surface area contributed by atoms with Gasteiger partial charge in [0.2, 0.25) is 0 Å². The third-order valence-corrected chi connectivity index (χ3v) is 2.08. The molecule has 3 heteroatoms. The van der Waals surface area contributed by atoms with Gasteiger partial charge in [0.1, 0.15) is 0 Å². The first-order chi connectivity index (χ1) is 4.93. The largest absolute Gasteiger partial charge is 0.350 e. The predicted octanol–water partition coefficient (Wildman–Crippen LogP) is 1.92. The standard InChI is InChI=1S/C7H13BrO2/c8-4-2-1-3-7-9-5-6-10-7/h7H,1-6H2. The van der Waals surface area contributed by atoms with Crippen molar-refractivity contribution in [2.45, 2.75) is 25.6 Å². The summed E-state index contributed by atoms with van der Waals surface area (Å²) in [5.41, 5.74) is 0. The lowest BCUT2D eigenvalue weighted by atomic mass is 10.2. The van der Waals surface area contributed by atoms with Crippen molar-refractivity contribution in [1.29, 1.82) is 0 Å². The van der Waals surface area contributed by atoms with E-state index < -0.39 is 0 Å². The van der Waals surface area contributed by atoms with Crippen LogP contribution in [0.15, 0.2) is 0 Å². The molecule has 1 aliphatic rings. The van der Waals surface area contributed by atoms with Crippen molar-refractivity contribution in [3.05, 3.63) is 0 Å². The van der Waals surface area contributed by atoms with E-state index in [1.54, 1.807) is 0 Å². The smallest absolute Gasteiger partial charge is 0.157 e. The Balaban J connectivity index is 1.91. The third-order valence-electron chi connectivity index (χ3n) is 1.51. The summed E-state index contributed by atoms with van der Waals surface area (Å²) in [5, 5.41) is 1.08. The number of alkyl halides is 1. The molecule has 1 heterocycles. The van der Waals surface area contributed by atoms with Gasteiger partial charge in [-0.05, 0) is 19.3 Å². The topological polar surface area (TPSA) is 18.5 Å². The van der Waals surface area contributed by atoms with Gasteiger partial charge in [0, 0.05) is 5.33 Å². The van der Waals surface area contributed by atoms with Gasteiger partial charge in [-0.1, -0.05) is 15.9 Å². The molecule has 0 aromatic heterocycles. The van der Waals surface area contributed by atoms with Crippen LogP contribution in [0.2, 0.25) is 0 Å². The number of ether oxygens (including phenoxy) is 2. The summed E-state index contributed by atoms with van der Waals surface area (Å²) >= 11 is 3.38. The molecule has 0 unspecified atom stereocenters. The summed E-state index contributed by atoms with van der Waals surface area (Å²) in [6.45, 7) is 1.55. The highest BCUT2D eigenvalue weighted by Gasteiger charge is 2.14. The van der Waals surface area contributed by atoms with E-state index in [9.17, 15) is 0 Å². The molecule has 0 atom stereocenters. The second-order valence-electron chi connectivity index (χ2n) is 2.36. The van der Waals surface area contributed by atoms with Gasteiger partial charge >= 0.3 is 0 Å². The minimum atomic E-state index is 0.0963. The highest BCUT2D eigenvalue weighted by molar-refractivity contribution is 9.09. The molecule has 0 aromatic carbocycles. The van der Waals surface area contributed by atoms with Crippen LogP contribution < -0.4 is 0 Å². The molecule has 0 aliphatic carbocycles. The van der Waals surface area contributed by atoms with Crippen molar-refractivity contribution in [3.8, 4) is 0 Å². The average molecular weight is 209 g/mol. The highest BCUT2D eigenvalue weighted by atomic mass is 79.9. The molecule has 2 nitrogen and oxygen atoms in total. The molecule has 1 aliphatic heterocycles. The van der Waals surface area contributed by atoms with E-state index in [1.165, 1.54) is 12.8 Å². The fraction of sp³-hybridized carbons (Fsp3) is 1.00. The van der Waals surface area contributed by atoms with Crippen molar-refractivity contribution >= 4 is 15.9 Å². The summed E-state index contributed by atoms with van der Waals surface area (Å²) in [6, 6.07) is 0. The van der Waals surface area contributed by atoms with Crippen molar-refractivity contribution in [2.24, 2.45) is 0 Å². The summed E-state index contributed by atoms with van der Waals surface area (Å²) in [7, 11) is 0. The van der Waals surface area contributed by atoms with Crippen molar-refractivity contribution < 1.29 is 9.47 Å². The van der Waals surface area contributed by atoms with E-state index in [2.05, 4.69) is 15.9 Å². The number of rotatable bonds is 4. The molecule has 0 bridgehead atoms. The second-order valence-corrected chi connectivity index (χ2v) is 3.15. The molecular formula is C7H13BrO2. The molecule has 1 rings (SSSR count). The van der Waals surface area contributed by atoms with Crippen molar-refractivity contribution in [1.82, 2.24) is 0 Å². The lowest BCUT2D eigenvalue weighted by Crippen LogP contribution is -2.06. The Morgan fingerprint density at radius 1 is 1.20 bits per heavy atom. The Labute approximate surface area is 70.0 Å². The van der Waals surface area contributed by atoms with Crippen LogP contribution in [-0.2, 0) is 9.47 Å². The molecule has 0 radical (unpaired) electrons. The first kappa shape index (κ1) is 8.50. The molecular weight excluding hydrogens is 196 g/mol. The quantitative estimate of drug-likeness (QED) is 0.520. The molecule has 0 aromatic rings. The zero-order valence-corrected chi connectivity index (χ0v) is 7.60. The van der Waals surface area contributed by atoms with E-state index in [0.29, 0.717) is 0 Å². The van der Waals surface area contributed by atoms with Crippen LogP contribution in [-0.4, -0.2) is 24.8 Å². The SMILES string of the molecule is BrCCCCC1OCCO1. The molecule has 1 fully saturated rings. The minimum Gasteiger partial charge on any atom is -0.350 e. The summed E-state index contributed by atoms with van der Waals surface area (Å²) in [5.74, 6) is 0. The Morgan fingerprint density at radius 3 is 2.50 bits per heavy atom. The zero-order valence-electron chi connectivity index (χ0n) is 6.01. The minimum absolute atomic E-state index is 0.0963. The van der Waals surface area contributed by atoms with E-state index in [1.807, 2.05) is 0 Å². The normalized spacial score (nSPS) is 20.1. The highest BCUT2D eigenvalue weighted by Crippen LogP contribution is 2.11. The van der Waals surface area contributed by atoms with E-state index in [0.717, 1.165) is 25.0 Å². The van der Waals surface area contributed by atoms with Crippen LogP contribution in [0.1, 0.15) is 19.3 Å². The van der Waals surface area contributed by atoms with Gasteiger partial charge in [-0.15, -0.1) is 0 Å². The number of unbranched alkanes of at least 4 members (excludes halogenated alkanes) is 1. The van der Waals surface area contributed by atoms with Gasteiger partial charge in [-0.3, -0.25) is 0 Å². The zero-order chi connectivity index (χ0) is 7.23. The van der Waals surface area contributed by atoms with E-state index >= 15 is 0 Å². The molecule has 60 valence electrons. The number of halogens is 1. The lowest BCUT2D eigenvalue weighted by Gasteiger charge is -2.06. The molecule has 10 heavy (non-hydrogen) atoms. The van der Waals surface area contributed by atoms with Gasteiger partial charge in [-0.2, -0.15) is 0 Å². The molecule has 1 saturated heterocycles. The number of hydrogen-bond acceptors (Lipinski definition) is 2. The average Bonchev–Trinajstić information content (AvgIpc) is 2.41. The maximum absolute atomic E-state index is 5.26. The first-order valence-electron chi connectivity index (χ1n) is 3.72. The monoisotopic (exact) mass is 208 g/mol. The molecule has 0 saturated carbocycles. The third kappa shape index (κ3) is 2.99. The molecule has 0 amide bonds. The number of hydrogen-bond donors (Lipinski definition) is 0. The summed E-state index contributed by atoms with van der Waals surface area (Å²) in [4.78, 5) is 0. The van der Waals surface area contributed by atoms with Crippen LogP contribution in [0.5, 0.6) is 0 Å². The Hall–Kier alpha value is 0.400. The van der Waals surface area contributed by atoms with Crippen LogP contribution in [0.4, 0.5) is 0 Å².